The minimum Gasteiger partial charge on any atom is -0.489 e. The Morgan fingerprint density at radius 1 is 1.16 bits per heavy atom. The van der Waals surface area contributed by atoms with Crippen molar-refractivity contribution in [3.63, 3.8) is 0 Å². The van der Waals surface area contributed by atoms with Crippen LogP contribution in [-0.2, 0) is 6.61 Å². The first-order valence-corrected chi connectivity index (χ1v) is 5.47. The highest BCUT2D eigenvalue weighted by Crippen LogP contribution is 2.15. The summed E-state index contributed by atoms with van der Waals surface area (Å²) < 4.78 is 18.3. The third-order valence-corrected chi connectivity index (χ3v) is 2.46. The van der Waals surface area contributed by atoms with Crippen LogP contribution in [0.3, 0.4) is 0 Å². The van der Waals surface area contributed by atoms with Gasteiger partial charge in [0.25, 0.3) is 0 Å². The van der Waals surface area contributed by atoms with Gasteiger partial charge in [-0.1, -0.05) is 24.3 Å². The van der Waals surface area contributed by atoms with Gasteiger partial charge >= 0.3 is 0 Å². The predicted octanol–water partition coefficient (Wildman–Crippen LogP) is 3.11. The van der Waals surface area contributed by atoms with Crippen molar-refractivity contribution in [2.45, 2.75) is 6.61 Å². The molecule has 0 saturated heterocycles. The average Bonchev–Trinajstić information content (AvgIpc) is 2.38. The van der Waals surface area contributed by atoms with E-state index in [0.29, 0.717) is 17.9 Å². The topological polar surface area (TPSA) is 59.1 Å². The summed E-state index contributed by atoms with van der Waals surface area (Å²) in [4.78, 5) is 0. The quantitative estimate of drug-likeness (QED) is 0.668. The van der Waals surface area contributed by atoms with Crippen molar-refractivity contribution in [2.75, 3.05) is 0 Å². The molecule has 0 radical (unpaired) electrons. The lowest BCUT2D eigenvalue weighted by molar-refractivity contribution is 0.306. The number of benzene rings is 2. The molecule has 0 aromatic heterocycles. The van der Waals surface area contributed by atoms with Gasteiger partial charge in [0.2, 0.25) is 0 Å². The number of nitrogens with two attached hydrogens (primary N) is 1. The molecule has 2 aromatic rings. The van der Waals surface area contributed by atoms with Crippen molar-refractivity contribution in [2.24, 2.45) is 5.73 Å². The molecule has 2 rings (SSSR count). The van der Waals surface area contributed by atoms with Crippen molar-refractivity contribution in [3.8, 4) is 5.75 Å². The van der Waals surface area contributed by atoms with Crippen LogP contribution in [0.2, 0.25) is 0 Å². The summed E-state index contributed by atoms with van der Waals surface area (Å²) in [7, 11) is 0. The zero-order valence-corrected chi connectivity index (χ0v) is 10.9. The van der Waals surface area contributed by atoms with Crippen LogP contribution in [0.1, 0.15) is 11.1 Å². The molecule has 5 heteroatoms. The molecule has 0 bridgehead atoms. The highest BCUT2D eigenvalue weighted by molar-refractivity contribution is 5.95. The standard InChI is InChI=1S/C14H13FN2O.ClH/c15-12-6-4-10(5-7-12)9-18-13-3-1-2-11(8-13)14(16)17;/h1-8H,9H2,(H3,16,17);1H. The van der Waals surface area contributed by atoms with E-state index < -0.39 is 0 Å². The lowest BCUT2D eigenvalue weighted by atomic mass is 10.2. The maximum absolute atomic E-state index is 12.7. The van der Waals surface area contributed by atoms with Crippen LogP contribution in [0.15, 0.2) is 48.5 Å². The second kappa shape index (κ2) is 6.75. The molecule has 0 fully saturated rings. The van der Waals surface area contributed by atoms with Crippen molar-refractivity contribution in [3.05, 3.63) is 65.5 Å². The molecule has 0 aliphatic heterocycles. The number of rotatable bonds is 4. The largest absolute Gasteiger partial charge is 0.489 e. The number of hydrogen-bond acceptors (Lipinski definition) is 2. The molecule has 3 N–H and O–H groups in total. The Balaban J connectivity index is 0.00000180. The number of amidine groups is 1. The fourth-order valence-electron chi connectivity index (χ4n) is 1.50. The summed E-state index contributed by atoms with van der Waals surface area (Å²) >= 11 is 0. The van der Waals surface area contributed by atoms with Gasteiger partial charge in [-0.15, -0.1) is 12.4 Å². The fourth-order valence-corrected chi connectivity index (χ4v) is 1.50. The van der Waals surface area contributed by atoms with Crippen molar-refractivity contribution in [1.29, 1.82) is 5.41 Å². The van der Waals surface area contributed by atoms with Crippen LogP contribution >= 0.6 is 12.4 Å². The Morgan fingerprint density at radius 2 is 1.84 bits per heavy atom. The Kier molecular flexibility index (Phi) is 5.33. The Bertz CT molecular complexity index is 558. The van der Waals surface area contributed by atoms with Crippen LogP contribution in [0.25, 0.3) is 0 Å². The molecule has 0 unspecified atom stereocenters. The molecule has 0 aliphatic rings. The number of nitrogen functional groups attached to an aromatic ring is 1. The van der Waals surface area contributed by atoms with Crippen molar-refractivity contribution >= 4 is 18.2 Å². The first-order valence-electron chi connectivity index (χ1n) is 5.47. The summed E-state index contributed by atoms with van der Waals surface area (Å²) in [5.41, 5.74) is 6.89. The normalized spacial score (nSPS) is 9.53. The SMILES string of the molecule is Cl.N=C(N)c1cccc(OCc2ccc(F)cc2)c1. The van der Waals surface area contributed by atoms with Gasteiger partial charge in [-0.2, -0.15) is 0 Å². The van der Waals surface area contributed by atoms with Gasteiger partial charge in [-0.3, -0.25) is 5.41 Å². The van der Waals surface area contributed by atoms with Gasteiger partial charge in [-0.05, 0) is 29.8 Å². The minimum absolute atomic E-state index is 0. The summed E-state index contributed by atoms with van der Waals surface area (Å²) in [6.07, 6.45) is 0. The van der Waals surface area contributed by atoms with E-state index in [2.05, 4.69) is 0 Å². The van der Waals surface area contributed by atoms with Crippen molar-refractivity contribution in [1.82, 2.24) is 0 Å². The minimum atomic E-state index is -0.266. The Labute approximate surface area is 117 Å². The highest BCUT2D eigenvalue weighted by atomic mass is 35.5. The molecule has 0 spiro atoms. The van der Waals surface area contributed by atoms with E-state index >= 15 is 0 Å². The maximum atomic E-state index is 12.7. The van der Waals surface area contributed by atoms with Gasteiger partial charge < -0.3 is 10.5 Å². The maximum Gasteiger partial charge on any atom is 0.123 e. The Hall–Kier alpha value is -2.07. The van der Waals surface area contributed by atoms with E-state index in [9.17, 15) is 4.39 Å². The molecule has 3 nitrogen and oxygen atoms in total. The molecule has 0 aliphatic carbocycles. The molecular weight excluding hydrogens is 267 g/mol. The lowest BCUT2D eigenvalue weighted by Crippen LogP contribution is -2.10. The summed E-state index contributed by atoms with van der Waals surface area (Å²) in [5, 5.41) is 7.33. The van der Waals surface area contributed by atoms with Crippen LogP contribution in [-0.4, -0.2) is 5.84 Å². The van der Waals surface area contributed by atoms with Crippen molar-refractivity contribution < 1.29 is 9.13 Å². The third kappa shape index (κ3) is 4.26. The van der Waals surface area contributed by atoms with Gasteiger partial charge in [0, 0.05) is 5.56 Å². The third-order valence-electron chi connectivity index (χ3n) is 2.46. The number of nitrogens with one attached hydrogen (secondary N) is 1. The molecular formula is C14H14ClFN2O. The molecule has 0 saturated carbocycles. The zero-order valence-electron chi connectivity index (χ0n) is 10.1. The molecule has 0 amide bonds. The second-order valence-electron chi connectivity index (χ2n) is 3.86. The van der Waals surface area contributed by atoms with E-state index in [4.69, 9.17) is 15.9 Å². The van der Waals surface area contributed by atoms with E-state index in [1.54, 1.807) is 36.4 Å². The van der Waals surface area contributed by atoms with E-state index in [0.717, 1.165) is 5.56 Å². The van der Waals surface area contributed by atoms with Gasteiger partial charge in [0.15, 0.2) is 0 Å². The fraction of sp³-hybridized carbons (Fsp3) is 0.0714. The average molecular weight is 281 g/mol. The highest BCUT2D eigenvalue weighted by Gasteiger charge is 2.00. The number of ether oxygens (including phenoxy) is 1. The monoisotopic (exact) mass is 280 g/mol. The predicted molar refractivity (Wildman–Crippen MR) is 75.4 cm³/mol. The van der Waals surface area contributed by atoms with Crippen LogP contribution in [0, 0.1) is 11.2 Å². The zero-order chi connectivity index (χ0) is 13.0. The molecule has 2 aromatic carbocycles. The Morgan fingerprint density at radius 3 is 2.47 bits per heavy atom. The van der Waals surface area contributed by atoms with E-state index in [-0.39, 0.29) is 24.1 Å². The first-order chi connectivity index (χ1) is 8.65. The molecule has 0 atom stereocenters. The lowest BCUT2D eigenvalue weighted by Gasteiger charge is -2.07. The smallest absolute Gasteiger partial charge is 0.123 e. The molecule has 0 heterocycles. The summed E-state index contributed by atoms with van der Waals surface area (Å²) in [6.45, 7) is 0.349. The van der Waals surface area contributed by atoms with Gasteiger partial charge in [-0.25, -0.2) is 4.39 Å². The summed E-state index contributed by atoms with van der Waals surface area (Å²) in [6, 6.07) is 13.1. The second-order valence-corrected chi connectivity index (χ2v) is 3.86. The molecule has 100 valence electrons. The van der Waals surface area contributed by atoms with Crippen LogP contribution in [0.5, 0.6) is 5.75 Å². The molecule has 19 heavy (non-hydrogen) atoms. The number of halogens is 2. The summed E-state index contributed by atoms with van der Waals surface area (Å²) in [5.74, 6) is 0.367. The van der Waals surface area contributed by atoms with Crippen LogP contribution < -0.4 is 10.5 Å². The van der Waals surface area contributed by atoms with Gasteiger partial charge in [0.1, 0.15) is 24.0 Å². The van der Waals surface area contributed by atoms with E-state index in [1.807, 2.05) is 0 Å². The van der Waals surface area contributed by atoms with Crippen LogP contribution in [0.4, 0.5) is 4.39 Å². The number of hydrogen-bond donors (Lipinski definition) is 2. The van der Waals surface area contributed by atoms with Gasteiger partial charge in [0.05, 0.1) is 0 Å². The van der Waals surface area contributed by atoms with E-state index in [1.165, 1.54) is 12.1 Å². The first kappa shape index (κ1) is 15.0.